The zero-order chi connectivity index (χ0) is 23.7. The van der Waals surface area contributed by atoms with E-state index in [-0.39, 0.29) is 22.1 Å². The quantitative estimate of drug-likeness (QED) is 0.257. The number of oxime groups is 1. The number of anilines is 1. The largest absolute Gasteiger partial charge is 0.380 e. The Morgan fingerprint density at radius 1 is 1.12 bits per heavy atom. The number of nitrogens with one attached hydrogen (secondary N) is 1. The van der Waals surface area contributed by atoms with Crippen LogP contribution in [0.5, 0.6) is 0 Å². The van der Waals surface area contributed by atoms with Crippen molar-refractivity contribution in [1.29, 1.82) is 0 Å². The number of nitro groups is 1. The van der Waals surface area contributed by atoms with Crippen molar-refractivity contribution in [2.45, 2.75) is 25.6 Å². The molecule has 0 spiro atoms. The monoisotopic (exact) mass is 472 g/mol. The Kier molecular flexibility index (Phi) is 5.90. The Morgan fingerprint density at radius 2 is 1.91 bits per heavy atom. The van der Waals surface area contributed by atoms with Gasteiger partial charge in [0.2, 0.25) is 6.23 Å². The first-order chi connectivity index (χ1) is 16.5. The van der Waals surface area contributed by atoms with Crippen molar-refractivity contribution in [1.82, 2.24) is 4.90 Å². The lowest BCUT2D eigenvalue weighted by Gasteiger charge is -2.27. The lowest BCUT2D eigenvalue weighted by atomic mass is 9.93. The van der Waals surface area contributed by atoms with Gasteiger partial charge in [-0.1, -0.05) is 78.0 Å². The molecule has 1 aliphatic heterocycles. The molecule has 0 saturated carbocycles. The van der Waals surface area contributed by atoms with E-state index in [0.717, 1.165) is 22.0 Å². The fourth-order valence-corrected chi connectivity index (χ4v) is 5.12. The minimum absolute atomic E-state index is 0.105. The minimum Gasteiger partial charge on any atom is -0.380 e. The normalized spacial score (nSPS) is 16.2. The summed E-state index contributed by atoms with van der Waals surface area (Å²) in [5.41, 5.74) is 3.08. The lowest BCUT2D eigenvalue weighted by molar-refractivity contribution is -0.380. The van der Waals surface area contributed by atoms with Crippen LogP contribution in [0.1, 0.15) is 28.8 Å². The molecule has 34 heavy (non-hydrogen) atoms. The Labute approximate surface area is 201 Å². The van der Waals surface area contributed by atoms with E-state index >= 15 is 0 Å². The molecule has 3 aromatic carbocycles. The van der Waals surface area contributed by atoms with E-state index in [0.29, 0.717) is 6.54 Å². The summed E-state index contributed by atoms with van der Waals surface area (Å²) in [6, 6.07) is 26.0. The maximum Gasteiger partial charge on any atom is 0.324 e. The third-order valence-corrected chi connectivity index (χ3v) is 7.16. The standard InChI is InChI=1S/C26H24N4O3S/c1-17(22-12-6-8-18-7-3-4-11-23(18)22)26-29(2)25(28-33-26)19-9-5-10-20(15-19)27-16-21-13-14-24(34-21)30(31)32/h3-15,17,26-27H,16H2,1-2H3. The number of thiophene rings is 1. The van der Waals surface area contributed by atoms with Crippen molar-refractivity contribution in [2.75, 3.05) is 12.4 Å². The van der Waals surface area contributed by atoms with Gasteiger partial charge in [-0.25, -0.2) is 0 Å². The number of rotatable bonds is 7. The third-order valence-electron chi connectivity index (χ3n) is 6.12. The second kappa shape index (κ2) is 9.15. The summed E-state index contributed by atoms with van der Waals surface area (Å²) < 4.78 is 0. The van der Waals surface area contributed by atoms with Crippen LogP contribution in [0.15, 0.2) is 84.0 Å². The van der Waals surface area contributed by atoms with Crippen LogP contribution in [0.3, 0.4) is 0 Å². The van der Waals surface area contributed by atoms with Crippen LogP contribution < -0.4 is 5.32 Å². The molecule has 1 aromatic heterocycles. The van der Waals surface area contributed by atoms with Gasteiger partial charge in [0.05, 0.1) is 4.92 Å². The van der Waals surface area contributed by atoms with Crippen LogP contribution in [0, 0.1) is 10.1 Å². The molecule has 2 atom stereocenters. The first kappa shape index (κ1) is 21.9. The summed E-state index contributed by atoms with van der Waals surface area (Å²) in [6.07, 6.45) is -0.218. The molecule has 172 valence electrons. The molecule has 4 aromatic rings. The molecule has 0 radical (unpaired) electrons. The molecule has 2 unspecified atom stereocenters. The number of hydrogen-bond donors (Lipinski definition) is 1. The number of hydrogen-bond acceptors (Lipinski definition) is 7. The highest BCUT2D eigenvalue weighted by molar-refractivity contribution is 7.15. The van der Waals surface area contributed by atoms with Crippen LogP contribution in [0.4, 0.5) is 10.7 Å². The van der Waals surface area contributed by atoms with Crippen LogP contribution in [0.2, 0.25) is 0 Å². The molecule has 8 heteroatoms. The molecule has 7 nitrogen and oxygen atoms in total. The molecule has 1 aliphatic rings. The van der Waals surface area contributed by atoms with E-state index in [1.807, 2.05) is 31.3 Å². The van der Waals surface area contributed by atoms with Crippen molar-refractivity contribution < 1.29 is 9.76 Å². The van der Waals surface area contributed by atoms with E-state index in [9.17, 15) is 10.1 Å². The van der Waals surface area contributed by atoms with Gasteiger partial charge in [0.15, 0.2) is 5.84 Å². The zero-order valence-corrected chi connectivity index (χ0v) is 19.7. The topological polar surface area (TPSA) is 80.0 Å². The lowest BCUT2D eigenvalue weighted by Crippen LogP contribution is -2.36. The highest BCUT2D eigenvalue weighted by Gasteiger charge is 2.34. The van der Waals surface area contributed by atoms with Gasteiger partial charge in [-0.15, -0.1) is 0 Å². The number of benzene rings is 3. The Morgan fingerprint density at radius 3 is 2.74 bits per heavy atom. The Bertz CT molecular complexity index is 1380. The summed E-state index contributed by atoms with van der Waals surface area (Å²) in [6.45, 7) is 2.68. The maximum atomic E-state index is 10.9. The SMILES string of the molecule is CC(c1cccc2ccccc12)C1ON=C(c2cccc(NCc3ccc([N+](=O)[O-])s3)c2)N1C. The predicted molar refractivity (Wildman–Crippen MR) is 136 cm³/mol. The van der Waals surface area contributed by atoms with Crippen molar-refractivity contribution >= 4 is 38.6 Å². The summed E-state index contributed by atoms with van der Waals surface area (Å²) in [7, 11) is 2.00. The Balaban J connectivity index is 1.31. The number of fused-ring (bicyclic) bond motifs is 1. The summed E-state index contributed by atoms with van der Waals surface area (Å²) >= 11 is 1.18. The van der Waals surface area contributed by atoms with Gasteiger partial charge >= 0.3 is 5.00 Å². The molecule has 0 amide bonds. The van der Waals surface area contributed by atoms with Gasteiger partial charge in [-0.3, -0.25) is 10.1 Å². The summed E-state index contributed by atoms with van der Waals surface area (Å²) in [5, 5.41) is 21.3. The molecular weight excluding hydrogens is 448 g/mol. The average Bonchev–Trinajstić information content (AvgIpc) is 3.49. The third kappa shape index (κ3) is 4.20. The van der Waals surface area contributed by atoms with Crippen molar-refractivity contribution in [3.63, 3.8) is 0 Å². The fourth-order valence-electron chi connectivity index (χ4n) is 4.36. The summed E-state index contributed by atoms with van der Waals surface area (Å²) in [4.78, 5) is 19.4. The highest BCUT2D eigenvalue weighted by Crippen LogP contribution is 2.33. The van der Waals surface area contributed by atoms with Gasteiger partial charge in [0.1, 0.15) is 0 Å². The van der Waals surface area contributed by atoms with Crippen LogP contribution in [-0.4, -0.2) is 28.9 Å². The minimum atomic E-state index is -0.363. The summed E-state index contributed by atoms with van der Waals surface area (Å²) in [5.74, 6) is 0.876. The van der Waals surface area contributed by atoms with E-state index in [2.05, 4.69) is 64.8 Å². The molecule has 5 rings (SSSR count). The van der Waals surface area contributed by atoms with Gasteiger partial charge in [-0.05, 0) is 34.5 Å². The molecule has 0 aliphatic carbocycles. The van der Waals surface area contributed by atoms with Crippen molar-refractivity contribution in [3.8, 4) is 0 Å². The van der Waals surface area contributed by atoms with Crippen molar-refractivity contribution in [2.24, 2.45) is 5.16 Å². The van der Waals surface area contributed by atoms with Crippen LogP contribution in [0.25, 0.3) is 10.8 Å². The predicted octanol–water partition coefficient (Wildman–Crippen LogP) is 6.18. The molecule has 0 bridgehead atoms. The number of nitrogens with zero attached hydrogens (tertiary/aromatic N) is 3. The van der Waals surface area contributed by atoms with E-state index in [4.69, 9.17) is 4.84 Å². The van der Waals surface area contributed by atoms with Gasteiger partial charge < -0.3 is 15.1 Å². The first-order valence-corrected chi connectivity index (χ1v) is 11.8. The highest BCUT2D eigenvalue weighted by atomic mass is 32.1. The van der Waals surface area contributed by atoms with E-state index < -0.39 is 0 Å². The molecule has 0 fully saturated rings. The van der Waals surface area contributed by atoms with E-state index in [1.165, 1.54) is 33.7 Å². The van der Waals surface area contributed by atoms with Crippen LogP contribution in [-0.2, 0) is 11.4 Å². The van der Waals surface area contributed by atoms with Gasteiger partial charge in [-0.2, -0.15) is 0 Å². The van der Waals surface area contributed by atoms with Crippen LogP contribution >= 0.6 is 11.3 Å². The fraction of sp³-hybridized carbons (Fsp3) is 0.192. The molecule has 0 saturated heterocycles. The zero-order valence-electron chi connectivity index (χ0n) is 18.8. The molecular formula is C26H24N4O3S. The average molecular weight is 473 g/mol. The number of amidine groups is 1. The first-order valence-electron chi connectivity index (χ1n) is 11.0. The van der Waals surface area contributed by atoms with Gasteiger partial charge in [0.25, 0.3) is 0 Å². The number of likely N-dealkylation sites (N-methyl/N-ethyl adjacent to an activating group) is 1. The van der Waals surface area contributed by atoms with E-state index in [1.54, 1.807) is 6.07 Å². The molecule has 2 heterocycles. The molecule has 1 N–H and O–H groups in total. The Hall–Kier alpha value is -3.91. The van der Waals surface area contributed by atoms with Crippen molar-refractivity contribution in [3.05, 3.63) is 105 Å². The van der Waals surface area contributed by atoms with Gasteiger partial charge in [0, 0.05) is 41.7 Å². The second-order valence-electron chi connectivity index (χ2n) is 8.31. The smallest absolute Gasteiger partial charge is 0.324 e. The second-order valence-corrected chi connectivity index (χ2v) is 9.46. The maximum absolute atomic E-state index is 10.9.